The van der Waals surface area contributed by atoms with E-state index in [-0.39, 0.29) is 21.7 Å². The SMILES string of the molecule is Cc1cc(N(c2ccc3c(c2)C(C)(C)CCC3(C)C)c2c(C)cc(N(c3ccccc3)c3ccccc3)cc2C)cc(N(c2ccc(C(C)(C)C)cc2)c2csc3ccc(C(C)(C)C)cc23)c1. The summed E-state index contributed by atoms with van der Waals surface area (Å²) in [6.07, 6.45) is 2.33. The zero-order valence-corrected chi connectivity index (χ0v) is 43.0. The van der Waals surface area contributed by atoms with Crippen LogP contribution in [0.2, 0.25) is 0 Å². The summed E-state index contributed by atoms with van der Waals surface area (Å²) >= 11 is 1.83. The zero-order valence-electron chi connectivity index (χ0n) is 42.2. The van der Waals surface area contributed by atoms with Crippen LogP contribution in [0.25, 0.3) is 10.1 Å². The third-order valence-corrected chi connectivity index (χ3v) is 15.2. The van der Waals surface area contributed by atoms with Crippen LogP contribution in [-0.2, 0) is 21.7 Å². The van der Waals surface area contributed by atoms with Gasteiger partial charge in [0.2, 0.25) is 0 Å². The van der Waals surface area contributed by atoms with Gasteiger partial charge in [-0.2, -0.15) is 0 Å². The molecule has 0 fully saturated rings. The first-order chi connectivity index (χ1) is 31.7. The molecule has 0 aliphatic heterocycles. The monoisotopic (exact) mass is 900 g/mol. The van der Waals surface area contributed by atoms with Gasteiger partial charge in [-0.15, -0.1) is 11.3 Å². The fourth-order valence-corrected chi connectivity index (χ4v) is 11.2. The molecule has 4 heteroatoms. The van der Waals surface area contributed by atoms with Gasteiger partial charge in [-0.05, 0) is 185 Å². The minimum Gasteiger partial charge on any atom is -0.310 e. The maximum atomic E-state index is 2.56. The van der Waals surface area contributed by atoms with E-state index in [4.69, 9.17) is 0 Å². The Bertz CT molecular complexity index is 3010. The van der Waals surface area contributed by atoms with E-state index in [1.807, 2.05) is 11.3 Å². The van der Waals surface area contributed by atoms with Crippen LogP contribution >= 0.6 is 11.3 Å². The molecule has 7 aromatic carbocycles. The molecule has 0 spiro atoms. The highest BCUT2D eigenvalue weighted by Gasteiger charge is 2.38. The third kappa shape index (κ3) is 8.94. The number of benzene rings is 7. The van der Waals surface area contributed by atoms with Crippen LogP contribution in [0, 0.1) is 20.8 Å². The highest BCUT2D eigenvalue weighted by Crippen LogP contribution is 2.51. The lowest BCUT2D eigenvalue weighted by molar-refractivity contribution is 0.332. The zero-order chi connectivity index (χ0) is 47.6. The summed E-state index contributed by atoms with van der Waals surface area (Å²) in [5.41, 5.74) is 19.8. The van der Waals surface area contributed by atoms with E-state index in [0.717, 1.165) is 40.5 Å². The first-order valence-corrected chi connectivity index (χ1v) is 25.1. The summed E-state index contributed by atoms with van der Waals surface area (Å²) in [4.78, 5) is 7.44. The number of aryl methyl sites for hydroxylation is 3. The van der Waals surface area contributed by atoms with Crippen molar-refractivity contribution in [2.45, 2.75) is 125 Å². The number of fused-ring (bicyclic) bond motifs is 2. The number of hydrogen-bond acceptors (Lipinski definition) is 4. The van der Waals surface area contributed by atoms with Gasteiger partial charge in [0.1, 0.15) is 0 Å². The Hall–Kier alpha value is -6.10. The van der Waals surface area contributed by atoms with Crippen LogP contribution in [0.1, 0.15) is 121 Å². The molecule has 0 N–H and O–H groups in total. The molecular weight excluding hydrogens is 831 g/mol. The highest BCUT2D eigenvalue weighted by molar-refractivity contribution is 7.17. The summed E-state index contributed by atoms with van der Waals surface area (Å²) in [5, 5.41) is 3.64. The van der Waals surface area contributed by atoms with E-state index in [2.05, 4.69) is 262 Å². The van der Waals surface area contributed by atoms with Gasteiger partial charge in [-0.1, -0.05) is 130 Å². The maximum absolute atomic E-state index is 2.56. The molecule has 0 radical (unpaired) electrons. The summed E-state index contributed by atoms with van der Waals surface area (Å²) in [6.45, 7) is 30.4. The largest absolute Gasteiger partial charge is 0.310 e. The molecule has 0 saturated carbocycles. The van der Waals surface area contributed by atoms with E-state index in [9.17, 15) is 0 Å². The highest BCUT2D eigenvalue weighted by atomic mass is 32.1. The molecule has 8 aromatic rings. The Morgan fingerprint density at radius 3 is 1.49 bits per heavy atom. The number of anilines is 9. The van der Waals surface area contributed by atoms with Gasteiger partial charge < -0.3 is 14.7 Å². The van der Waals surface area contributed by atoms with Crippen LogP contribution in [0.4, 0.5) is 51.2 Å². The van der Waals surface area contributed by atoms with Gasteiger partial charge in [0.05, 0.1) is 11.4 Å². The van der Waals surface area contributed by atoms with Crippen LogP contribution in [-0.4, -0.2) is 0 Å². The van der Waals surface area contributed by atoms with Gasteiger partial charge >= 0.3 is 0 Å². The Morgan fingerprint density at radius 1 is 0.433 bits per heavy atom. The second kappa shape index (κ2) is 17.2. The summed E-state index contributed by atoms with van der Waals surface area (Å²) in [7, 11) is 0. The minimum atomic E-state index is 0.0206. The molecule has 342 valence electrons. The molecule has 0 bridgehead atoms. The molecule has 0 amide bonds. The third-order valence-electron chi connectivity index (χ3n) is 14.3. The van der Waals surface area contributed by atoms with Crippen molar-refractivity contribution in [3.63, 3.8) is 0 Å². The predicted octanol–water partition coefficient (Wildman–Crippen LogP) is 19.2. The standard InChI is InChI=1S/C63H69N3S/c1-42-34-51(65(49-27-24-45(25-28-49)60(4,5)6)57-41-67-58-31-26-46(38-54(57)58)61(7,8)9)39-52(35-42)66(50-29-30-55-56(40-50)63(12,13)33-32-62(55,10)11)59-43(2)36-53(37-44(59)3)64(47-20-16-14-17-21-47)48-22-18-15-19-23-48/h14-31,34-41H,32-33H2,1-13H3. The average Bonchev–Trinajstić information content (AvgIpc) is 3.70. The lowest BCUT2D eigenvalue weighted by atomic mass is 9.63. The molecule has 1 aliphatic rings. The maximum Gasteiger partial charge on any atom is 0.0647 e. The Labute approximate surface area is 405 Å². The van der Waals surface area contributed by atoms with E-state index in [0.29, 0.717) is 0 Å². The smallest absolute Gasteiger partial charge is 0.0647 e. The molecule has 1 aliphatic carbocycles. The molecule has 0 unspecified atom stereocenters. The van der Waals surface area contributed by atoms with Crippen LogP contribution < -0.4 is 14.7 Å². The summed E-state index contributed by atoms with van der Waals surface area (Å²) < 4.78 is 1.29. The van der Waals surface area contributed by atoms with E-state index in [1.165, 1.54) is 72.5 Å². The van der Waals surface area contributed by atoms with Crippen LogP contribution in [0.3, 0.4) is 0 Å². The van der Waals surface area contributed by atoms with Crippen molar-refractivity contribution in [3.8, 4) is 0 Å². The fourth-order valence-electron chi connectivity index (χ4n) is 10.3. The van der Waals surface area contributed by atoms with Crippen molar-refractivity contribution in [2.24, 2.45) is 0 Å². The van der Waals surface area contributed by atoms with Crippen molar-refractivity contribution in [2.75, 3.05) is 14.7 Å². The van der Waals surface area contributed by atoms with Gasteiger partial charge in [0.15, 0.2) is 0 Å². The lowest BCUT2D eigenvalue weighted by Crippen LogP contribution is -2.34. The van der Waals surface area contributed by atoms with E-state index in [1.54, 1.807) is 0 Å². The number of nitrogens with zero attached hydrogens (tertiary/aromatic N) is 3. The predicted molar refractivity (Wildman–Crippen MR) is 293 cm³/mol. The summed E-state index contributed by atoms with van der Waals surface area (Å²) in [6, 6.07) is 57.1. The molecule has 3 nitrogen and oxygen atoms in total. The van der Waals surface area contributed by atoms with Crippen molar-refractivity contribution >= 4 is 72.6 Å². The molecule has 9 rings (SSSR count). The molecule has 0 atom stereocenters. The van der Waals surface area contributed by atoms with Gasteiger partial charge in [-0.3, -0.25) is 0 Å². The van der Waals surface area contributed by atoms with Gasteiger partial charge in [0, 0.05) is 55.3 Å². The van der Waals surface area contributed by atoms with E-state index >= 15 is 0 Å². The van der Waals surface area contributed by atoms with Crippen LogP contribution in [0.5, 0.6) is 0 Å². The van der Waals surface area contributed by atoms with Crippen molar-refractivity contribution in [1.29, 1.82) is 0 Å². The molecule has 1 heterocycles. The minimum absolute atomic E-state index is 0.0206. The molecule has 0 saturated heterocycles. The average molecular weight is 900 g/mol. The first-order valence-electron chi connectivity index (χ1n) is 24.2. The van der Waals surface area contributed by atoms with Crippen LogP contribution in [0.15, 0.2) is 157 Å². The van der Waals surface area contributed by atoms with Gasteiger partial charge in [0.25, 0.3) is 0 Å². The van der Waals surface area contributed by atoms with Gasteiger partial charge in [-0.25, -0.2) is 0 Å². The normalized spacial score (nSPS) is 14.5. The van der Waals surface area contributed by atoms with Crippen molar-refractivity contribution in [3.05, 3.63) is 196 Å². The summed E-state index contributed by atoms with van der Waals surface area (Å²) in [5.74, 6) is 0. The van der Waals surface area contributed by atoms with Crippen molar-refractivity contribution in [1.82, 2.24) is 0 Å². The Kier molecular flexibility index (Phi) is 11.8. The lowest BCUT2D eigenvalue weighted by Gasteiger charge is -2.42. The number of hydrogen-bond donors (Lipinski definition) is 0. The Balaban J connectivity index is 1.28. The Morgan fingerprint density at radius 2 is 0.925 bits per heavy atom. The number of thiophene rings is 1. The molecule has 67 heavy (non-hydrogen) atoms. The molecular formula is C63H69N3S. The second-order valence-corrected chi connectivity index (χ2v) is 23.4. The van der Waals surface area contributed by atoms with Crippen molar-refractivity contribution < 1.29 is 0 Å². The quantitative estimate of drug-likeness (QED) is 0.143. The number of para-hydroxylation sites is 2. The van der Waals surface area contributed by atoms with E-state index < -0.39 is 0 Å². The topological polar surface area (TPSA) is 9.72 Å². The fraction of sp³-hybridized carbons (Fsp3) is 0.302. The molecule has 1 aromatic heterocycles. The number of rotatable bonds is 9. The first kappa shape index (κ1) is 46.0. The second-order valence-electron chi connectivity index (χ2n) is 22.5.